The number of methoxy groups -OCH3 is 1. The highest BCUT2D eigenvalue weighted by atomic mass is 16.5. The molecule has 0 heterocycles. The molecule has 0 bridgehead atoms. The van der Waals surface area contributed by atoms with E-state index in [0.29, 0.717) is 12.8 Å². The third-order valence-electron chi connectivity index (χ3n) is 3.10. The van der Waals surface area contributed by atoms with Crippen LogP contribution in [-0.4, -0.2) is 18.9 Å². The summed E-state index contributed by atoms with van der Waals surface area (Å²) in [5.74, 6) is 0.133. The highest BCUT2D eigenvalue weighted by Gasteiger charge is 2.34. The second-order valence-electron chi connectivity index (χ2n) is 4.29. The lowest BCUT2D eigenvalue weighted by Crippen LogP contribution is -2.16. The van der Waals surface area contributed by atoms with Crippen molar-refractivity contribution in [3.05, 3.63) is 12.2 Å². The molecule has 1 saturated carbocycles. The molecule has 0 N–H and O–H groups in total. The molecule has 0 spiro atoms. The first-order valence-electron chi connectivity index (χ1n) is 5.95. The van der Waals surface area contributed by atoms with Crippen LogP contribution in [0, 0.1) is 11.8 Å². The van der Waals surface area contributed by atoms with Crippen LogP contribution in [0.3, 0.4) is 0 Å². The van der Waals surface area contributed by atoms with E-state index in [2.05, 4.69) is 17.7 Å². The van der Waals surface area contributed by atoms with Crippen molar-refractivity contribution in [2.75, 3.05) is 7.11 Å². The number of rotatable bonds is 5. The van der Waals surface area contributed by atoms with E-state index in [-0.39, 0.29) is 23.6 Å². The number of carbonyl (C=O) groups is 2. The third kappa shape index (κ3) is 3.47. The third-order valence-corrected chi connectivity index (χ3v) is 3.10. The molecule has 0 aromatic carbocycles. The second-order valence-corrected chi connectivity index (χ2v) is 4.29. The highest BCUT2D eigenvalue weighted by molar-refractivity contribution is 5.86. The number of unbranched alkanes of at least 4 members (excludes halogenated alkanes) is 1. The van der Waals surface area contributed by atoms with Gasteiger partial charge in [-0.15, -0.1) is 0 Å². The maximum absolute atomic E-state index is 11.6. The molecule has 0 aromatic heterocycles. The fourth-order valence-electron chi connectivity index (χ4n) is 2.14. The largest absolute Gasteiger partial charge is 0.469 e. The van der Waals surface area contributed by atoms with Crippen LogP contribution in [0.4, 0.5) is 0 Å². The normalized spacial score (nSPS) is 25.2. The summed E-state index contributed by atoms with van der Waals surface area (Å²) in [4.78, 5) is 22.8. The van der Waals surface area contributed by atoms with Crippen LogP contribution < -0.4 is 0 Å². The minimum absolute atomic E-state index is 0.0642. The highest BCUT2D eigenvalue weighted by Crippen LogP contribution is 2.32. The Morgan fingerprint density at radius 3 is 2.94 bits per heavy atom. The molecule has 0 unspecified atom stereocenters. The fraction of sp³-hybridized carbons (Fsp3) is 0.692. The predicted molar refractivity (Wildman–Crippen MR) is 61.9 cm³/mol. The van der Waals surface area contributed by atoms with Crippen LogP contribution >= 0.6 is 0 Å². The zero-order valence-electron chi connectivity index (χ0n) is 10.1. The van der Waals surface area contributed by atoms with Crippen molar-refractivity contribution in [2.24, 2.45) is 11.8 Å². The van der Waals surface area contributed by atoms with Gasteiger partial charge in [0.05, 0.1) is 7.11 Å². The van der Waals surface area contributed by atoms with Gasteiger partial charge in [-0.05, 0) is 18.8 Å². The monoisotopic (exact) mass is 224 g/mol. The quantitative estimate of drug-likeness (QED) is 0.532. The molecule has 16 heavy (non-hydrogen) atoms. The smallest absolute Gasteiger partial charge is 0.305 e. The zero-order valence-corrected chi connectivity index (χ0v) is 10.1. The lowest BCUT2D eigenvalue weighted by atomic mass is 9.92. The minimum atomic E-state index is -0.214. The van der Waals surface area contributed by atoms with Gasteiger partial charge in [0.25, 0.3) is 0 Å². The minimum Gasteiger partial charge on any atom is -0.469 e. The Morgan fingerprint density at radius 1 is 1.56 bits per heavy atom. The number of esters is 1. The number of Topliss-reactive ketones (excluding diaryl/α,β-unsaturated/α-hetero) is 1. The van der Waals surface area contributed by atoms with Crippen molar-refractivity contribution in [3.63, 3.8) is 0 Å². The summed E-state index contributed by atoms with van der Waals surface area (Å²) < 4.78 is 4.65. The standard InChI is InChI=1S/C13H20O3/c1-3-4-5-6-11-10(7-8-12(11)14)9-13(15)16-2/h5-6,10-11H,3-4,7-9H2,1-2H3/b6-5-/t10-,11+/m1/s1. The Morgan fingerprint density at radius 2 is 2.31 bits per heavy atom. The van der Waals surface area contributed by atoms with E-state index in [1.807, 2.05) is 6.08 Å². The summed E-state index contributed by atoms with van der Waals surface area (Å²) in [6.07, 6.45) is 7.89. The van der Waals surface area contributed by atoms with Gasteiger partial charge in [-0.3, -0.25) is 9.59 Å². The molecule has 0 saturated heterocycles. The van der Waals surface area contributed by atoms with Crippen LogP contribution in [0.25, 0.3) is 0 Å². The molecule has 0 aliphatic heterocycles. The number of carbonyl (C=O) groups excluding carboxylic acids is 2. The molecular weight excluding hydrogens is 204 g/mol. The molecule has 0 amide bonds. The van der Waals surface area contributed by atoms with Gasteiger partial charge in [0, 0.05) is 18.8 Å². The number of ketones is 1. The summed E-state index contributed by atoms with van der Waals surface area (Å²) in [6, 6.07) is 0. The molecule has 0 aromatic rings. The molecular formula is C13H20O3. The topological polar surface area (TPSA) is 43.4 Å². The number of allylic oxidation sites excluding steroid dienone is 2. The summed E-state index contributed by atoms with van der Waals surface area (Å²) in [5.41, 5.74) is 0. The first-order valence-corrected chi connectivity index (χ1v) is 5.95. The van der Waals surface area contributed by atoms with Crippen molar-refractivity contribution in [3.8, 4) is 0 Å². The first-order chi connectivity index (χ1) is 7.69. The van der Waals surface area contributed by atoms with E-state index >= 15 is 0 Å². The molecule has 90 valence electrons. The fourth-order valence-corrected chi connectivity index (χ4v) is 2.14. The summed E-state index contributed by atoms with van der Waals surface area (Å²) >= 11 is 0. The second kappa shape index (κ2) is 6.46. The molecule has 1 aliphatic rings. The van der Waals surface area contributed by atoms with Gasteiger partial charge in [-0.25, -0.2) is 0 Å². The van der Waals surface area contributed by atoms with Gasteiger partial charge in [-0.1, -0.05) is 25.5 Å². The van der Waals surface area contributed by atoms with Gasteiger partial charge in [0.15, 0.2) is 0 Å². The Labute approximate surface area is 96.9 Å². The molecule has 2 atom stereocenters. The lowest BCUT2D eigenvalue weighted by Gasteiger charge is -2.13. The van der Waals surface area contributed by atoms with E-state index in [1.54, 1.807) is 0 Å². The van der Waals surface area contributed by atoms with Gasteiger partial charge >= 0.3 is 5.97 Å². The van der Waals surface area contributed by atoms with Crippen LogP contribution in [0.1, 0.15) is 39.0 Å². The maximum Gasteiger partial charge on any atom is 0.305 e. The summed E-state index contributed by atoms with van der Waals surface area (Å²) in [7, 11) is 1.39. The number of hydrogen-bond donors (Lipinski definition) is 0. The Hall–Kier alpha value is -1.12. The zero-order chi connectivity index (χ0) is 12.0. The first kappa shape index (κ1) is 12.9. The van der Waals surface area contributed by atoms with Gasteiger partial charge < -0.3 is 4.74 Å². The Bertz CT molecular complexity index is 281. The van der Waals surface area contributed by atoms with Crippen LogP contribution in [-0.2, 0) is 14.3 Å². The van der Waals surface area contributed by atoms with Crippen molar-refractivity contribution in [2.45, 2.75) is 39.0 Å². The van der Waals surface area contributed by atoms with Crippen molar-refractivity contribution in [1.82, 2.24) is 0 Å². The van der Waals surface area contributed by atoms with Crippen molar-refractivity contribution < 1.29 is 14.3 Å². The van der Waals surface area contributed by atoms with Crippen molar-refractivity contribution >= 4 is 11.8 Å². The Kier molecular flexibility index (Phi) is 5.23. The lowest BCUT2D eigenvalue weighted by molar-refractivity contribution is -0.141. The predicted octanol–water partition coefficient (Wildman–Crippen LogP) is 2.50. The molecule has 1 rings (SSSR count). The summed E-state index contributed by atoms with van der Waals surface area (Å²) in [5, 5.41) is 0. The SMILES string of the molecule is CCC/C=C\[C@@H]1C(=O)CC[C@@H]1CC(=O)OC. The molecule has 1 aliphatic carbocycles. The molecule has 3 nitrogen and oxygen atoms in total. The van der Waals surface area contributed by atoms with E-state index in [0.717, 1.165) is 19.3 Å². The molecule has 1 fully saturated rings. The van der Waals surface area contributed by atoms with Gasteiger partial charge in [0.1, 0.15) is 5.78 Å². The maximum atomic E-state index is 11.6. The average molecular weight is 224 g/mol. The number of hydrogen-bond acceptors (Lipinski definition) is 3. The van der Waals surface area contributed by atoms with E-state index in [9.17, 15) is 9.59 Å². The van der Waals surface area contributed by atoms with Crippen LogP contribution in [0.15, 0.2) is 12.2 Å². The van der Waals surface area contributed by atoms with E-state index < -0.39 is 0 Å². The van der Waals surface area contributed by atoms with E-state index in [4.69, 9.17) is 0 Å². The molecule has 0 radical (unpaired) electrons. The Balaban J connectivity index is 2.55. The number of ether oxygens (including phenoxy) is 1. The van der Waals surface area contributed by atoms with Gasteiger partial charge in [-0.2, -0.15) is 0 Å². The van der Waals surface area contributed by atoms with Crippen LogP contribution in [0.5, 0.6) is 0 Å². The van der Waals surface area contributed by atoms with Crippen LogP contribution in [0.2, 0.25) is 0 Å². The molecule has 3 heteroatoms. The van der Waals surface area contributed by atoms with Gasteiger partial charge in [0.2, 0.25) is 0 Å². The average Bonchev–Trinajstić information content (AvgIpc) is 2.61. The summed E-state index contributed by atoms with van der Waals surface area (Å²) in [6.45, 7) is 2.10. The van der Waals surface area contributed by atoms with E-state index in [1.165, 1.54) is 7.11 Å². The van der Waals surface area contributed by atoms with Crippen molar-refractivity contribution in [1.29, 1.82) is 0 Å².